The van der Waals surface area contributed by atoms with Crippen LogP contribution in [0.2, 0.25) is 0 Å². The zero-order chi connectivity index (χ0) is 22.0. The minimum atomic E-state index is -3.54. The zero-order valence-corrected chi connectivity index (χ0v) is 19.2. The Morgan fingerprint density at radius 1 is 1.13 bits per heavy atom. The summed E-state index contributed by atoms with van der Waals surface area (Å²) in [6.45, 7) is 5.18. The summed E-state index contributed by atoms with van der Waals surface area (Å²) in [6.07, 6.45) is 1.92. The third-order valence-corrected chi connectivity index (χ3v) is 8.08. The number of sulfonamides is 1. The van der Waals surface area contributed by atoms with E-state index in [0.717, 1.165) is 24.1 Å². The quantitative estimate of drug-likeness (QED) is 0.600. The van der Waals surface area contributed by atoms with Crippen molar-refractivity contribution in [2.45, 2.75) is 31.6 Å². The predicted octanol–water partition coefficient (Wildman–Crippen LogP) is 4.79. The first-order chi connectivity index (χ1) is 14.8. The van der Waals surface area contributed by atoms with E-state index in [-0.39, 0.29) is 10.8 Å². The van der Waals surface area contributed by atoms with E-state index < -0.39 is 10.0 Å². The lowest BCUT2D eigenvalue weighted by Gasteiger charge is -2.30. The summed E-state index contributed by atoms with van der Waals surface area (Å²) in [7, 11) is -3.54. The van der Waals surface area contributed by atoms with Crippen LogP contribution < -0.4 is 5.32 Å². The average molecular weight is 456 g/mol. The molecule has 2 heterocycles. The largest absolute Gasteiger partial charge is 0.298 e. The number of anilines is 1. The van der Waals surface area contributed by atoms with Crippen molar-refractivity contribution in [3.8, 4) is 11.3 Å². The molecule has 1 aliphatic rings. The molecule has 1 N–H and O–H groups in total. The van der Waals surface area contributed by atoms with Gasteiger partial charge in [-0.3, -0.25) is 10.1 Å². The number of nitrogens with one attached hydrogen (secondary N) is 1. The van der Waals surface area contributed by atoms with Crippen LogP contribution in [0.5, 0.6) is 0 Å². The van der Waals surface area contributed by atoms with E-state index in [1.54, 1.807) is 16.4 Å². The number of hydrogen-bond acceptors (Lipinski definition) is 5. The molecule has 1 unspecified atom stereocenters. The number of amides is 1. The second-order valence-electron chi connectivity index (χ2n) is 7.99. The first-order valence-electron chi connectivity index (χ1n) is 10.3. The van der Waals surface area contributed by atoms with Crippen molar-refractivity contribution in [1.82, 2.24) is 9.29 Å². The highest BCUT2D eigenvalue weighted by Crippen LogP contribution is 2.26. The van der Waals surface area contributed by atoms with Crippen LogP contribution in [0.1, 0.15) is 35.7 Å². The lowest BCUT2D eigenvalue weighted by atomic mass is 10.0. The van der Waals surface area contributed by atoms with Crippen LogP contribution in [-0.2, 0) is 10.0 Å². The van der Waals surface area contributed by atoms with Crippen molar-refractivity contribution in [3.63, 3.8) is 0 Å². The molecular formula is C23H25N3O3S2. The van der Waals surface area contributed by atoms with Crippen molar-refractivity contribution in [3.05, 3.63) is 65.0 Å². The van der Waals surface area contributed by atoms with Crippen molar-refractivity contribution < 1.29 is 13.2 Å². The Kier molecular flexibility index (Phi) is 6.22. The van der Waals surface area contributed by atoms with Crippen molar-refractivity contribution in [2.75, 3.05) is 18.4 Å². The fourth-order valence-electron chi connectivity index (χ4n) is 3.65. The third-order valence-electron chi connectivity index (χ3n) is 5.45. The van der Waals surface area contributed by atoms with Gasteiger partial charge in [-0.25, -0.2) is 13.4 Å². The Balaban J connectivity index is 1.45. The number of carbonyl (C=O) groups is 1. The second-order valence-corrected chi connectivity index (χ2v) is 10.8. The Bertz CT molecular complexity index is 1170. The Labute approximate surface area is 187 Å². The number of rotatable bonds is 5. The summed E-state index contributed by atoms with van der Waals surface area (Å²) in [5.41, 5.74) is 3.35. The molecule has 4 rings (SSSR count). The summed E-state index contributed by atoms with van der Waals surface area (Å²) in [5.74, 6) is 0.0389. The van der Waals surface area contributed by atoms with Gasteiger partial charge in [0.15, 0.2) is 5.13 Å². The van der Waals surface area contributed by atoms with Crippen LogP contribution in [-0.4, -0.2) is 36.7 Å². The van der Waals surface area contributed by atoms with Crippen molar-refractivity contribution in [1.29, 1.82) is 0 Å². The maximum absolute atomic E-state index is 12.9. The lowest BCUT2D eigenvalue weighted by molar-refractivity contribution is 0.102. The van der Waals surface area contributed by atoms with Crippen LogP contribution in [0, 0.1) is 12.8 Å². The molecule has 162 valence electrons. The summed E-state index contributed by atoms with van der Waals surface area (Å²) in [6, 6.07) is 14.1. The third kappa shape index (κ3) is 4.87. The summed E-state index contributed by atoms with van der Waals surface area (Å²) in [5, 5.41) is 5.19. The number of benzene rings is 2. The van der Waals surface area contributed by atoms with Gasteiger partial charge in [-0.1, -0.05) is 36.8 Å². The second kappa shape index (κ2) is 8.90. The molecule has 1 saturated heterocycles. The van der Waals surface area contributed by atoms with E-state index in [0.29, 0.717) is 29.7 Å². The van der Waals surface area contributed by atoms with Crippen molar-refractivity contribution in [2.24, 2.45) is 5.92 Å². The van der Waals surface area contributed by atoms with Gasteiger partial charge in [0.1, 0.15) is 0 Å². The number of thiazole rings is 1. The van der Waals surface area contributed by atoms with Gasteiger partial charge in [-0.05, 0) is 49.9 Å². The van der Waals surface area contributed by atoms with E-state index in [1.807, 2.05) is 36.6 Å². The van der Waals surface area contributed by atoms with E-state index in [4.69, 9.17) is 0 Å². The van der Waals surface area contributed by atoms with Crippen LogP contribution in [0.15, 0.2) is 58.8 Å². The zero-order valence-electron chi connectivity index (χ0n) is 17.5. The smallest absolute Gasteiger partial charge is 0.257 e. The molecule has 1 amide bonds. The molecule has 0 radical (unpaired) electrons. The van der Waals surface area contributed by atoms with Gasteiger partial charge < -0.3 is 0 Å². The Morgan fingerprint density at radius 2 is 1.84 bits per heavy atom. The molecule has 0 bridgehead atoms. The molecule has 0 aliphatic carbocycles. The van der Waals surface area contributed by atoms with E-state index in [1.165, 1.54) is 29.0 Å². The summed E-state index contributed by atoms with van der Waals surface area (Å²) < 4.78 is 27.3. The standard InChI is InChI=1S/C23H25N3O3S2/c1-16-5-7-18(8-6-16)21-15-30-23(24-21)25-22(27)19-9-11-20(12-10-19)31(28,29)26-13-3-4-17(2)14-26/h5-12,15,17H,3-4,13-14H2,1-2H3,(H,24,25,27). The van der Waals surface area contributed by atoms with Gasteiger partial charge in [0.05, 0.1) is 10.6 Å². The normalized spacial score (nSPS) is 17.4. The average Bonchev–Trinajstić information content (AvgIpc) is 3.22. The summed E-state index contributed by atoms with van der Waals surface area (Å²) in [4.78, 5) is 17.3. The van der Waals surface area contributed by atoms with Crippen molar-refractivity contribution >= 4 is 32.4 Å². The maximum Gasteiger partial charge on any atom is 0.257 e. The first-order valence-corrected chi connectivity index (χ1v) is 12.6. The van der Waals surface area contributed by atoms with E-state index >= 15 is 0 Å². The van der Waals surface area contributed by atoms with Crippen LogP contribution in [0.4, 0.5) is 5.13 Å². The van der Waals surface area contributed by atoms with E-state index in [9.17, 15) is 13.2 Å². The highest BCUT2D eigenvalue weighted by molar-refractivity contribution is 7.89. The fourth-order valence-corrected chi connectivity index (χ4v) is 5.96. The molecule has 1 atom stereocenters. The number of hydrogen-bond donors (Lipinski definition) is 1. The molecule has 2 aromatic carbocycles. The molecule has 1 fully saturated rings. The molecule has 0 saturated carbocycles. The number of piperidine rings is 1. The molecule has 8 heteroatoms. The Hall–Kier alpha value is -2.55. The topological polar surface area (TPSA) is 79.4 Å². The SMILES string of the molecule is Cc1ccc(-c2csc(NC(=O)c3ccc(S(=O)(=O)N4CCCC(C)C4)cc3)n2)cc1. The van der Waals surface area contributed by atoms with Gasteiger partial charge in [0, 0.05) is 29.6 Å². The van der Waals surface area contributed by atoms with Crippen LogP contribution in [0.25, 0.3) is 11.3 Å². The number of carbonyl (C=O) groups excluding carboxylic acids is 1. The lowest BCUT2D eigenvalue weighted by Crippen LogP contribution is -2.39. The summed E-state index contributed by atoms with van der Waals surface area (Å²) >= 11 is 1.35. The number of aromatic nitrogens is 1. The van der Waals surface area contributed by atoms with Gasteiger partial charge in [-0.2, -0.15) is 4.31 Å². The molecule has 1 aliphatic heterocycles. The first kappa shape index (κ1) is 21.7. The number of nitrogens with zero attached hydrogens (tertiary/aromatic N) is 2. The van der Waals surface area contributed by atoms with Crippen LogP contribution >= 0.6 is 11.3 Å². The van der Waals surface area contributed by atoms with Gasteiger partial charge >= 0.3 is 0 Å². The monoisotopic (exact) mass is 455 g/mol. The minimum absolute atomic E-state index is 0.217. The molecule has 1 aromatic heterocycles. The minimum Gasteiger partial charge on any atom is -0.298 e. The molecule has 6 nitrogen and oxygen atoms in total. The van der Waals surface area contributed by atoms with Gasteiger partial charge in [0.25, 0.3) is 5.91 Å². The Morgan fingerprint density at radius 3 is 2.52 bits per heavy atom. The van der Waals surface area contributed by atoms with Gasteiger partial charge in [0.2, 0.25) is 10.0 Å². The molecule has 3 aromatic rings. The highest BCUT2D eigenvalue weighted by Gasteiger charge is 2.28. The molecule has 31 heavy (non-hydrogen) atoms. The molecule has 0 spiro atoms. The molecular weight excluding hydrogens is 430 g/mol. The fraction of sp³-hybridized carbons (Fsp3) is 0.304. The van der Waals surface area contributed by atoms with Crippen LogP contribution in [0.3, 0.4) is 0 Å². The highest BCUT2D eigenvalue weighted by atomic mass is 32.2. The van der Waals surface area contributed by atoms with Gasteiger partial charge in [-0.15, -0.1) is 11.3 Å². The van der Waals surface area contributed by atoms with E-state index in [2.05, 4.69) is 17.2 Å². The predicted molar refractivity (Wildman–Crippen MR) is 124 cm³/mol. The number of aryl methyl sites for hydroxylation is 1. The maximum atomic E-state index is 12.9.